The minimum atomic E-state index is -0.225. The number of carbonyl (C=O) groups excluding carboxylic acids is 1. The summed E-state index contributed by atoms with van der Waals surface area (Å²) in [5.74, 6) is 0.533. The van der Waals surface area contributed by atoms with Crippen LogP contribution in [0.4, 0.5) is 10.6 Å². The van der Waals surface area contributed by atoms with Crippen LogP contribution in [0, 0.1) is 0 Å². The number of anilines is 1. The summed E-state index contributed by atoms with van der Waals surface area (Å²) in [4.78, 5) is 16.0. The van der Waals surface area contributed by atoms with Crippen molar-refractivity contribution in [3.8, 4) is 0 Å². The lowest BCUT2D eigenvalue weighted by Gasteiger charge is -2.22. The van der Waals surface area contributed by atoms with E-state index in [4.69, 9.17) is 0 Å². The molecule has 0 fully saturated rings. The molecular formula is C13H14BrN5O. The fourth-order valence-electron chi connectivity index (χ4n) is 2.33. The number of nitrogens with one attached hydrogen (secondary N) is 3. The number of amides is 2. The monoisotopic (exact) mass is 335 g/mol. The smallest absolute Gasteiger partial charge is 0.320 e. The summed E-state index contributed by atoms with van der Waals surface area (Å²) in [6.45, 7) is 0. The fourth-order valence-corrected chi connectivity index (χ4v) is 2.56. The third kappa shape index (κ3) is 2.98. The molecular weight excluding hydrogens is 322 g/mol. The summed E-state index contributed by atoms with van der Waals surface area (Å²) in [6, 6.07) is 3.49. The number of pyridine rings is 1. The number of hydrogen-bond acceptors (Lipinski definition) is 3. The molecule has 3 rings (SSSR count). The molecule has 0 aliphatic heterocycles. The van der Waals surface area contributed by atoms with Crippen molar-refractivity contribution in [2.75, 3.05) is 5.32 Å². The number of urea groups is 1. The number of fused-ring (bicyclic) bond motifs is 1. The summed E-state index contributed by atoms with van der Waals surface area (Å²) in [7, 11) is 0. The Labute approximate surface area is 124 Å². The predicted octanol–water partition coefficient (Wildman–Crippen LogP) is 2.25. The second-order valence-corrected chi connectivity index (χ2v) is 5.69. The maximum Gasteiger partial charge on any atom is 0.320 e. The van der Waals surface area contributed by atoms with Gasteiger partial charge in [-0.2, -0.15) is 5.10 Å². The van der Waals surface area contributed by atoms with Crippen molar-refractivity contribution in [3.63, 3.8) is 0 Å². The third-order valence-corrected chi connectivity index (χ3v) is 3.79. The van der Waals surface area contributed by atoms with Crippen LogP contribution in [0.2, 0.25) is 0 Å². The van der Waals surface area contributed by atoms with Gasteiger partial charge in [0.25, 0.3) is 0 Å². The summed E-state index contributed by atoms with van der Waals surface area (Å²) in [5.41, 5.74) is 2.36. The van der Waals surface area contributed by atoms with E-state index < -0.39 is 0 Å². The SMILES string of the molecule is O=C(Nc1ccc(Br)cn1)N[C@@H]1CCc2[nH]ncc2C1. The predicted molar refractivity (Wildman–Crippen MR) is 78.5 cm³/mol. The first-order chi connectivity index (χ1) is 9.70. The molecule has 0 radical (unpaired) electrons. The van der Waals surface area contributed by atoms with Crippen molar-refractivity contribution in [3.05, 3.63) is 40.3 Å². The summed E-state index contributed by atoms with van der Waals surface area (Å²) in [5, 5.41) is 12.7. The number of hydrogen-bond donors (Lipinski definition) is 3. The van der Waals surface area contributed by atoms with Gasteiger partial charge >= 0.3 is 6.03 Å². The average Bonchev–Trinajstić information content (AvgIpc) is 2.89. The molecule has 1 aliphatic carbocycles. The molecule has 0 bridgehead atoms. The van der Waals surface area contributed by atoms with Gasteiger partial charge in [0.1, 0.15) is 5.82 Å². The molecule has 1 aliphatic rings. The van der Waals surface area contributed by atoms with Gasteiger partial charge in [-0.15, -0.1) is 0 Å². The van der Waals surface area contributed by atoms with E-state index in [-0.39, 0.29) is 12.1 Å². The highest BCUT2D eigenvalue weighted by Gasteiger charge is 2.21. The van der Waals surface area contributed by atoms with Crippen LogP contribution in [0.5, 0.6) is 0 Å². The number of halogens is 1. The van der Waals surface area contributed by atoms with E-state index in [1.54, 1.807) is 12.3 Å². The van der Waals surface area contributed by atoms with Crippen molar-refractivity contribution in [2.45, 2.75) is 25.3 Å². The van der Waals surface area contributed by atoms with E-state index in [2.05, 4.69) is 41.7 Å². The van der Waals surface area contributed by atoms with Gasteiger partial charge in [-0.1, -0.05) is 0 Å². The number of carbonyl (C=O) groups is 1. The molecule has 0 spiro atoms. The zero-order chi connectivity index (χ0) is 13.9. The van der Waals surface area contributed by atoms with Gasteiger partial charge in [0.2, 0.25) is 0 Å². The minimum absolute atomic E-state index is 0.135. The Morgan fingerprint density at radius 3 is 3.10 bits per heavy atom. The zero-order valence-corrected chi connectivity index (χ0v) is 12.3. The Kier molecular flexibility index (Phi) is 3.68. The Balaban J connectivity index is 1.56. The van der Waals surface area contributed by atoms with Gasteiger partial charge in [-0.25, -0.2) is 9.78 Å². The highest BCUT2D eigenvalue weighted by molar-refractivity contribution is 9.10. The van der Waals surface area contributed by atoms with Crippen LogP contribution in [0.15, 0.2) is 29.0 Å². The number of nitrogens with zero attached hydrogens (tertiary/aromatic N) is 2. The molecule has 20 heavy (non-hydrogen) atoms. The largest absolute Gasteiger partial charge is 0.335 e. The van der Waals surface area contributed by atoms with Gasteiger partial charge in [0.15, 0.2) is 0 Å². The number of rotatable bonds is 2. The summed E-state index contributed by atoms with van der Waals surface area (Å²) >= 11 is 3.30. The molecule has 2 amide bonds. The van der Waals surface area contributed by atoms with Crippen molar-refractivity contribution in [2.24, 2.45) is 0 Å². The second-order valence-electron chi connectivity index (χ2n) is 4.77. The standard InChI is InChI=1S/C13H14BrN5O/c14-9-1-4-12(15-7-9)18-13(20)17-10-2-3-11-8(5-10)6-16-19-11/h1,4,6-7,10H,2-3,5H2,(H,16,19)(H2,15,17,18,20)/t10-/m1/s1. The van der Waals surface area contributed by atoms with Crippen molar-refractivity contribution in [1.82, 2.24) is 20.5 Å². The molecule has 1 atom stereocenters. The molecule has 104 valence electrons. The van der Waals surface area contributed by atoms with Gasteiger partial charge in [0.05, 0.1) is 6.20 Å². The number of aromatic amines is 1. The van der Waals surface area contributed by atoms with Crippen LogP contribution in [-0.4, -0.2) is 27.3 Å². The second kappa shape index (κ2) is 5.62. The molecule has 2 aromatic heterocycles. The molecule has 0 saturated heterocycles. The van der Waals surface area contributed by atoms with Gasteiger partial charge < -0.3 is 5.32 Å². The van der Waals surface area contributed by atoms with Crippen LogP contribution in [0.3, 0.4) is 0 Å². The first kappa shape index (κ1) is 13.1. The molecule has 2 aromatic rings. The first-order valence-corrected chi connectivity index (χ1v) is 7.20. The first-order valence-electron chi connectivity index (χ1n) is 6.41. The zero-order valence-electron chi connectivity index (χ0n) is 10.7. The minimum Gasteiger partial charge on any atom is -0.335 e. The molecule has 0 unspecified atom stereocenters. The average molecular weight is 336 g/mol. The lowest BCUT2D eigenvalue weighted by atomic mass is 9.94. The molecule has 6 nitrogen and oxygen atoms in total. The molecule has 2 heterocycles. The van der Waals surface area contributed by atoms with E-state index in [1.165, 1.54) is 11.3 Å². The van der Waals surface area contributed by atoms with Crippen LogP contribution in [0.25, 0.3) is 0 Å². The van der Waals surface area contributed by atoms with Gasteiger partial charge in [-0.3, -0.25) is 10.4 Å². The molecule has 0 aromatic carbocycles. The van der Waals surface area contributed by atoms with Crippen LogP contribution in [-0.2, 0) is 12.8 Å². The lowest BCUT2D eigenvalue weighted by molar-refractivity contribution is 0.247. The molecule has 3 N–H and O–H groups in total. The van der Waals surface area contributed by atoms with E-state index in [0.717, 1.165) is 23.7 Å². The molecule has 0 saturated carbocycles. The Bertz CT molecular complexity index is 609. The maximum absolute atomic E-state index is 11.9. The Morgan fingerprint density at radius 2 is 2.30 bits per heavy atom. The van der Waals surface area contributed by atoms with Crippen molar-refractivity contribution >= 4 is 27.8 Å². The normalized spacial score (nSPS) is 17.4. The third-order valence-electron chi connectivity index (χ3n) is 3.32. The number of aryl methyl sites for hydroxylation is 1. The van der Waals surface area contributed by atoms with E-state index in [0.29, 0.717) is 5.82 Å². The van der Waals surface area contributed by atoms with Crippen LogP contribution in [0.1, 0.15) is 17.7 Å². The van der Waals surface area contributed by atoms with Gasteiger partial charge in [0, 0.05) is 22.4 Å². The lowest BCUT2D eigenvalue weighted by Crippen LogP contribution is -2.41. The highest BCUT2D eigenvalue weighted by atomic mass is 79.9. The Morgan fingerprint density at radius 1 is 1.40 bits per heavy atom. The summed E-state index contributed by atoms with van der Waals surface area (Å²) in [6.07, 6.45) is 6.12. The number of H-pyrrole nitrogens is 1. The van der Waals surface area contributed by atoms with Crippen molar-refractivity contribution < 1.29 is 4.79 Å². The van der Waals surface area contributed by atoms with Crippen LogP contribution < -0.4 is 10.6 Å². The highest BCUT2D eigenvalue weighted by Crippen LogP contribution is 2.19. The van der Waals surface area contributed by atoms with E-state index in [9.17, 15) is 4.79 Å². The number of aromatic nitrogens is 3. The molecule has 7 heteroatoms. The quantitative estimate of drug-likeness (QED) is 0.787. The van der Waals surface area contributed by atoms with Gasteiger partial charge in [-0.05, 0) is 52.9 Å². The van der Waals surface area contributed by atoms with E-state index >= 15 is 0 Å². The van der Waals surface area contributed by atoms with E-state index in [1.807, 2.05) is 12.3 Å². The summed E-state index contributed by atoms with van der Waals surface area (Å²) < 4.78 is 0.878. The van der Waals surface area contributed by atoms with Crippen LogP contribution >= 0.6 is 15.9 Å². The maximum atomic E-state index is 11.9. The topological polar surface area (TPSA) is 82.7 Å². The fraction of sp³-hybridized carbons (Fsp3) is 0.308. The Hall–Kier alpha value is -1.89. The van der Waals surface area contributed by atoms with Crippen molar-refractivity contribution in [1.29, 1.82) is 0 Å².